The number of ketones is 1. The highest BCUT2D eigenvalue weighted by Crippen LogP contribution is 2.42. The van der Waals surface area contributed by atoms with E-state index in [1.165, 1.54) is 4.90 Å². The van der Waals surface area contributed by atoms with Crippen LogP contribution in [-0.2, 0) is 9.59 Å². The molecule has 0 bridgehead atoms. The molecule has 2 N–H and O–H groups in total. The molecule has 4 aromatic rings. The number of H-pyrrole nitrogens is 1. The first kappa shape index (κ1) is 23.4. The first-order valence-electron chi connectivity index (χ1n) is 11.9. The lowest BCUT2D eigenvalue weighted by Gasteiger charge is -2.20. The molecule has 8 heteroatoms. The Morgan fingerprint density at radius 2 is 1.92 bits per heavy atom. The Balaban J connectivity index is 1.65. The number of rotatable bonds is 6. The highest BCUT2D eigenvalue weighted by Gasteiger charge is 2.49. The van der Waals surface area contributed by atoms with Gasteiger partial charge in [0.2, 0.25) is 5.95 Å². The normalized spacial score (nSPS) is 17.3. The first-order chi connectivity index (χ1) is 17.3. The van der Waals surface area contributed by atoms with E-state index in [1.54, 1.807) is 37.3 Å². The van der Waals surface area contributed by atoms with Crippen molar-refractivity contribution >= 4 is 34.4 Å². The zero-order valence-electron chi connectivity index (χ0n) is 20.6. The van der Waals surface area contributed by atoms with Crippen molar-refractivity contribution in [2.45, 2.75) is 40.2 Å². The van der Waals surface area contributed by atoms with Crippen molar-refractivity contribution in [3.05, 3.63) is 82.3 Å². The van der Waals surface area contributed by atoms with Crippen molar-refractivity contribution in [2.24, 2.45) is 0 Å². The zero-order chi connectivity index (χ0) is 25.6. The first-order valence-corrected chi connectivity index (χ1v) is 11.9. The molecular weight excluding hydrogens is 458 g/mol. The third-order valence-electron chi connectivity index (χ3n) is 6.24. The third-order valence-corrected chi connectivity index (χ3v) is 6.24. The van der Waals surface area contributed by atoms with Crippen LogP contribution in [0, 0.1) is 20.8 Å². The lowest BCUT2D eigenvalue weighted by molar-refractivity contribution is -0.132. The Morgan fingerprint density at radius 1 is 1.11 bits per heavy atom. The van der Waals surface area contributed by atoms with Gasteiger partial charge in [0.25, 0.3) is 5.78 Å². The van der Waals surface area contributed by atoms with E-state index in [9.17, 15) is 14.7 Å². The molecule has 1 aliphatic heterocycles. The van der Waals surface area contributed by atoms with Crippen LogP contribution in [-0.4, -0.2) is 33.4 Å². The Bertz CT molecular complexity index is 1530. The summed E-state index contributed by atoms with van der Waals surface area (Å²) >= 11 is 0. The summed E-state index contributed by atoms with van der Waals surface area (Å²) in [6.07, 6.45) is 0.870. The van der Waals surface area contributed by atoms with Gasteiger partial charge in [-0.3, -0.25) is 14.5 Å². The minimum Gasteiger partial charge on any atom is -0.507 e. The van der Waals surface area contributed by atoms with Crippen LogP contribution in [0.3, 0.4) is 0 Å². The number of furan rings is 1. The molecule has 1 saturated heterocycles. The molecule has 3 heterocycles. The maximum Gasteiger partial charge on any atom is 0.302 e. The summed E-state index contributed by atoms with van der Waals surface area (Å²) in [7, 11) is 0. The third kappa shape index (κ3) is 3.94. The summed E-state index contributed by atoms with van der Waals surface area (Å²) in [5, 5.41) is 11.3. The van der Waals surface area contributed by atoms with E-state index in [2.05, 4.69) is 9.97 Å². The van der Waals surface area contributed by atoms with E-state index in [4.69, 9.17) is 9.15 Å². The van der Waals surface area contributed by atoms with Crippen LogP contribution >= 0.6 is 0 Å². The van der Waals surface area contributed by atoms with Gasteiger partial charge in [0, 0.05) is 5.56 Å². The fourth-order valence-electron chi connectivity index (χ4n) is 4.47. The second-order valence-corrected chi connectivity index (χ2v) is 9.03. The van der Waals surface area contributed by atoms with Crippen LogP contribution < -0.4 is 9.64 Å². The lowest BCUT2D eigenvalue weighted by atomic mass is 9.98. The molecule has 2 aromatic carbocycles. The molecule has 0 saturated carbocycles. The van der Waals surface area contributed by atoms with Gasteiger partial charge >= 0.3 is 5.91 Å². The van der Waals surface area contributed by atoms with Gasteiger partial charge in [-0.25, -0.2) is 4.98 Å². The van der Waals surface area contributed by atoms with E-state index in [0.29, 0.717) is 35.0 Å². The predicted octanol–water partition coefficient (Wildman–Crippen LogP) is 5.50. The molecule has 1 aliphatic rings. The number of amides is 1. The van der Waals surface area contributed by atoms with E-state index >= 15 is 0 Å². The average molecular weight is 486 g/mol. The number of imidazole rings is 1. The van der Waals surface area contributed by atoms with Crippen molar-refractivity contribution in [3.8, 4) is 5.75 Å². The number of nitrogens with zero attached hydrogens (tertiary/aromatic N) is 2. The van der Waals surface area contributed by atoms with Crippen molar-refractivity contribution in [1.82, 2.24) is 9.97 Å². The Hall–Kier alpha value is -4.33. The quantitative estimate of drug-likeness (QED) is 0.212. The number of ether oxygens (including phenoxy) is 1. The summed E-state index contributed by atoms with van der Waals surface area (Å²) in [4.78, 5) is 35.6. The Kier molecular flexibility index (Phi) is 5.88. The predicted molar refractivity (Wildman–Crippen MR) is 136 cm³/mol. The molecule has 1 fully saturated rings. The van der Waals surface area contributed by atoms with Gasteiger partial charge in [0.1, 0.15) is 29.1 Å². The van der Waals surface area contributed by atoms with E-state index in [1.807, 2.05) is 39.0 Å². The number of aromatic amines is 1. The molecule has 0 aliphatic carbocycles. The number of aliphatic hydroxyl groups excluding tert-OH is 1. The van der Waals surface area contributed by atoms with Gasteiger partial charge in [-0.2, -0.15) is 0 Å². The number of Topliss-reactive ketones (excluding diaryl/α,β-unsaturated/α-hetero) is 1. The maximum absolute atomic E-state index is 13.3. The van der Waals surface area contributed by atoms with Crippen LogP contribution in [0.15, 0.2) is 58.5 Å². The van der Waals surface area contributed by atoms with Crippen molar-refractivity contribution < 1.29 is 23.8 Å². The number of hydrogen-bond acceptors (Lipinski definition) is 6. The summed E-state index contributed by atoms with van der Waals surface area (Å²) in [5.74, 6) is -0.0290. The second kappa shape index (κ2) is 9.03. The smallest absolute Gasteiger partial charge is 0.302 e. The van der Waals surface area contributed by atoms with Gasteiger partial charge in [-0.15, -0.1) is 0 Å². The molecular formula is C28H27N3O5. The minimum atomic E-state index is -0.989. The molecule has 1 atom stereocenters. The molecule has 0 spiro atoms. The number of aliphatic hydroxyl groups is 1. The number of hydrogen-bond donors (Lipinski definition) is 2. The van der Waals surface area contributed by atoms with Crippen LogP contribution in [0.5, 0.6) is 5.75 Å². The van der Waals surface area contributed by atoms with E-state index in [-0.39, 0.29) is 17.3 Å². The van der Waals surface area contributed by atoms with Crippen LogP contribution in [0.4, 0.5) is 5.95 Å². The summed E-state index contributed by atoms with van der Waals surface area (Å²) in [6, 6.07) is 13.3. The van der Waals surface area contributed by atoms with Crippen molar-refractivity contribution in [1.29, 1.82) is 0 Å². The second-order valence-electron chi connectivity index (χ2n) is 9.03. The fourth-order valence-corrected chi connectivity index (χ4v) is 4.47. The fraction of sp³-hybridized carbons (Fsp3) is 0.250. The Labute approximate surface area is 208 Å². The molecule has 2 aromatic heterocycles. The molecule has 184 valence electrons. The molecule has 8 nitrogen and oxygen atoms in total. The average Bonchev–Trinajstić information content (AvgIpc) is 3.53. The largest absolute Gasteiger partial charge is 0.507 e. The van der Waals surface area contributed by atoms with Gasteiger partial charge in [0.05, 0.1) is 23.2 Å². The standard InChI is InChI=1S/C28H27N3O5/c1-5-12-35-21-11-8-18(14-16(21)3)25(32)23-24(22-10-7-17(4)36-22)31(27(34)26(23)33)28-29-19-9-6-15(2)13-20(19)30-28/h6-11,13-14,24,32H,5,12H2,1-4H3,(H,29,30)/b25-23+. The molecule has 36 heavy (non-hydrogen) atoms. The molecule has 0 radical (unpaired) electrons. The number of carbonyl (C=O) groups excluding carboxylic acids is 2. The number of benzene rings is 2. The highest BCUT2D eigenvalue weighted by atomic mass is 16.5. The SMILES string of the molecule is CCCOc1ccc(/C(O)=C2\C(=O)C(=O)N(c3nc4ccc(C)cc4[nH]3)C2c2ccc(C)o2)cc1C. The van der Waals surface area contributed by atoms with Crippen LogP contribution in [0.2, 0.25) is 0 Å². The number of aryl methyl sites for hydroxylation is 3. The number of aromatic nitrogens is 2. The number of carbonyl (C=O) groups is 2. The molecule has 1 amide bonds. The van der Waals surface area contributed by atoms with Gasteiger partial charge in [0.15, 0.2) is 0 Å². The topological polar surface area (TPSA) is 109 Å². The van der Waals surface area contributed by atoms with Crippen LogP contribution in [0.25, 0.3) is 16.8 Å². The van der Waals surface area contributed by atoms with Crippen molar-refractivity contribution in [3.63, 3.8) is 0 Å². The van der Waals surface area contributed by atoms with E-state index < -0.39 is 17.7 Å². The molecule has 1 unspecified atom stereocenters. The van der Waals surface area contributed by atoms with Crippen LogP contribution in [0.1, 0.15) is 47.6 Å². The van der Waals surface area contributed by atoms with E-state index in [0.717, 1.165) is 23.1 Å². The summed E-state index contributed by atoms with van der Waals surface area (Å²) < 4.78 is 11.6. The van der Waals surface area contributed by atoms with Gasteiger partial charge < -0.3 is 19.2 Å². The lowest BCUT2D eigenvalue weighted by Crippen LogP contribution is -2.30. The minimum absolute atomic E-state index is 0.0624. The summed E-state index contributed by atoms with van der Waals surface area (Å²) in [6.45, 7) is 8.20. The zero-order valence-corrected chi connectivity index (χ0v) is 20.6. The maximum atomic E-state index is 13.3. The number of fused-ring (bicyclic) bond motifs is 1. The van der Waals surface area contributed by atoms with Gasteiger partial charge in [-0.05, 0) is 80.8 Å². The number of nitrogens with one attached hydrogen (secondary N) is 1. The molecule has 5 rings (SSSR count). The van der Waals surface area contributed by atoms with Gasteiger partial charge in [-0.1, -0.05) is 13.0 Å². The summed E-state index contributed by atoms with van der Waals surface area (Å²) in [5.41, 5.74) is 3.57. The highest BCUT2D eigenvalue weighted by molar-refractivity contribution is 6.51. The monoisotopic (exact) mass is 485 g/mol. The van der Waals surface area contributed by atoms with Crippen molar-refractivity contribution in [2.75, 3.05) is 11.5 Å². The Morgan fingerprint density at radius 3 is 2.61 bits per heavy atom. The number of anilines is 1.